The lowest BCUT2D eigenvalue weighted by atomic mass is 10.00. The summed E-state index contributed by atoms with van der Waals surface area (Å²) in [5, 5.41) is 12.0. The second-order valence-electron chi connectivity index (χ2n) is 9.34. The molecule has 0 atom stereocenters. The number of ether oxygens (including phenoxy) is 2. The smallest absolute Gasteiger partial charge is 0.232 e. The lowest BCUT2D eigenvalue weighted by Crippen LogP contribution is -2.36. The Morgan fingerprint density at radius 1 is 1.08 bits per heavy atom. The van der Waals surface area contributed by atoms with Crippen LogP contribution in [-0.4, -0.2) is 69.4 Å². The van der Waals surface area contributed by atoms with Crippen LogP contribution in [0.3, 0.4) is 0 Å². The Labute approximate surface area is 230 Å². The number of halogens is 2. The summed E-state index contributed by atoms with van der Waals surface area (Å²) in [4.78, 5) is 9.45. The summed E-state index contributed by atoms with van der Waals surface area (Å²) in [5.74, 6) is 0.184. The van der Waals surface area contributed by atoms with Crippen LogP contribution in [0.1, 0.15) is 11.1 Å². The summed E-state index contributed by atoms with van der Waals surface area (Å²) in [5.41, 5.74) is 2.03. The topological polar surface area (TPSA) is 107 Å². The highest BCUT2D eigenvalue weighted by Crippen LogP contribution is 2.37. The molecule has 0 bridgehead atoms. The van der Waals surface area contributed by atoms with E-state index in [0.717, 1.165) is 10.6 Å². The number of hydrogen-bond donors (Lipinski definition) is 2. The Hall–Kier alpha value is -3.80. The number of benzene rings is 3. The van der Waals surface area contributed by atoms with Gasteiger partial charge in [-0.1, -0.05) is 17.7 Å². The van der Waals surface area contributed by atoms with Gasteiger partial charge in [0.25, 0.3) is 0 Å². The van der Waals surface area contributed by atoms with Crippen LogP contribution in [0.2, 0.25) is 5.02 Å². The summed E-state index contributed by atoms with van der Waals surface area (Å²) in [7, 11) is -0.121. The lowest BCUT2D eigenvalue weighted by Gasteiger charge is -2.24. The van der Waals surface area contributed by atoms with Gasteiger partial charge in [-0.3, -0.25) is 4.31 Å². The van der Waals surface area contributed by atoms with Gasteiger partial charge >= 0.3 is 0 Å². The van der Waals surface area contributed by atoms with Crippen LogP contribution in [0.5, 0.6) is 17.4 Å². The van der Waals surface area contributed by atoms with Gasteiger partial charge in [0.1, 0.15) is 5.82 Å². The van der Waals surface area contributed by atoms with Crippen molar-refractivity contribution in [3.8, 4) is 17.4 Å². The average Bonchev–Trinajstić information content (AvgIpc) is 3.45. The van der Waals surface area contributed by atoms with Crippen molar-refractivity contribution in [3.05, 3.63) is 76.6 Å². The molecule has 0 aliphatic carbocycles. The number of nitrogens with one attached hydrogen (secondary N) is 1. The van der Waals surface area contributed by atoms with Crippen molar-refractivity contribution < 1.29 is 27.4 Å². The number of fused-ring (bicyclic) bond motifs is 2. The minimum Gasteiger partial charge on any atom is -0.494 e. The van der Waals surface area contributed by atoms with Crippen molar-refractivity contribution in [1.82, 2.24) is 9.88 Å². The summed E-state index contributed by atoms with van der Waals surface area (Å²) in [6.07, 6.45) is 1.04. The predicted molar refractivity (Wildman–Crippen MR) is 150 cm³/mol. The number of hydrogen-bond acceptors (Lipinski definition) is 7. The van der Waals surface area contributed by atoms with Gasteiger partial charge in [0.2, 0.25) is 16.8 Å². The Morgan fingerprint density at radius 2 is 1.85 bits per heavy atom. The molecule has 0 saturated heterocycles. The Balaban J connectivity index is 1.64. The zero-order valence-corrected chi connectivity index (χ0v) is 23.0. The van der Waals surface area contributed by atoms with Crippen molar-refractivity contribution in [2.45, 2.75) is 0 Å². The van der Waals surface area contributed by atoms with Crippen LogP contribution in [0.25, 0.3) is 10.9 Å². The highest BCUT2D eigenvalue weighted by atomic mass is 35.5. The number of rotatable bonds is 8. The molecule has 1 aromatic heterocycles. The number of nitrogens with zero attached hydrogens (tertiary/aromatic N) is 3. The minimum absolute atomic E-state index is 0.0764. The molecule has 0 saturated carbocycles. The number of aromatic hydroxyl groups is 1. The molecule has 12 heteroatoms. The van der Waals surface area contributed by atoms with Crippen LogP contribution in [-0.2, 0) is 10.0 Å². The zero-order valence-electron chi connectivity index (χ0n) is 21.4. The molecule has 5 rings (SSSR count). The Kier molecular flexibility index (Phi) is 7.15. The zero-order chi connectivity index (χ0) is 27.9. The lowest BCUT2D eigenvalue weighted by molar-refractivity contribution is 0.174. The fourth-order valence-corrected chi connectivity index (χ4v) is 5.45. The average molecular weight is 573 g/mol. The SMILES string of the molecule is CN(C)CCN(c1ccc(N=C(c2ccc3c(c2)OCO3)c2c(O)[nH]c3cc(Cl)ccc23)cc1F)S(C)(=O)=O. The van der Waals surface area contributed by atoms with Gasteiger partial charge in [0.05, 0.1) is 34.4 Å². The summed E-state index contributed by atoms with van der Waals surface area (Å²) in [6, 6.07) is 14.4. The molecule has 4 aromatic rings. The summed E-state index contributed by atoms with van der Waals surface area (Å²) >= 11 is 6.15. The number of aromatic amines is 1. The van der Waals surface area contributed by atoms with E-state index in [2.05, 4.69) is 4.98 Å². The third kappa shape index (κ3) is 5.51. The first-order chi connectivity index (χ1) is 18.5. The van der Waals surface area contributed by atoms with Gasteiger partial charge in [0, 0.05) is 35.1 Å². The number of aromatic nitrogens is 1. The molecule has 0 unspecified atom stereocenters. The summed E-state index contributed by atoms with van der Waals surface area (Å²) in [6.45, 7) is 0.573. The van der Waals surface area contributed by atoms with Crippen molar-refractivity contribution in [3.63, 3.8) is 0 Å². The molecule has 0 spiro atoms. The van der Waals surface area contributed by atoms with E-state index in [1.807, 2.05) is 4.90 Å². The highest BCUT2D eigenvalue weighted by Gasteiger charge is 2.24. The maximum absolute atomic E-state index is 15.4. The first-order valence-corrected chi connectivity index (χ1v) is 14.1. The molecule has 0 amide bonds. The van der Waals surface area contributed by atoms with E-state index in [4.69, 9.17) is 26.1 Å². The Morgan fingerprint density at radius 3 is 2.56 bits per heavy atom. The number of likely N-dealkylation sites (N-methyl/N-ethyl adjacent to an activating group) is 1. The van der Waals surface area contributed by atoms with Gasteiger partial charge in [-0.25, -0.2) is 17.8 Å². The van der Waals surface area contributed by atoms with E-state index >= 15 is 4.39 Å². The number of H-pyrrole nitrogens is 1. The van der Waals surface area contributed by atoms with Crippen LogP contribution in [0.4, 0.5) is 15.8 Å². The standard InChI is InChI=1S/C27H26ClFN4O5S/c1-32(2)10-11-33(39(3,35)36)22-8-6-18(14-20(22)29)30-26(16-4-9-23-24(12-16)38-15-37-23)25-19-7-5-17(28)13-21(19)31-27(25)34/h4-9,12-14,31,34H,10-11,15H2,1-3H3. The van der Waals surface area contributed by atoms with Gasteiger partial charge in [0.15, 0.2) is 17.4 Å². The van der Waals surface area contributed by atoms with E-state index in [1.165, 1.54) is 18.2 Å². The quantitative estimate of drug-likeness (QED) is 0.291. The first kappa shape index (κ1) is 26.8. The largest absolute Gasteiger partial charge is 0.494 e. The Bertz CT molecular complexity index is 1700. The van der Waals surface area contributed by atoms with E-state index < -0.39 is 15.8 Å². The normalized spacial score (nSPS) is 13.4. The van der Waals surface area contributed by atoms with Gasteiger partial charge in [-0.15, -0.1) is 0 Å². The summed E-state index contributed by atoms with van der Waals surface area (Å²) < 4.78 is 52.3. The number of sulfonamides is 1. The van der Waals surface area contributed by atoms with Crippen molar-refractivity contribution in [2.24, 2.45) is 4.99 Å². The minimum atomic E-state index is -3.73. The second kappa shape index (κ2) is 10.4. The van der Waals surface area contributed by atoms with E-state index in [-0.39, 0.29) is 30.6 Å². The van der Waals surface area contributed by atoms with Crippen LogP contribution < -0.4 is 13.8 Å². The maximum Gasteiger partial charge on any atom is 0.232 e. The fourth-order valence-electron chi connectivity index (χ4n) is 4.36. The molecule has 1 aliphatic heterocycles. The molecule has 0 fully saturated rings. The van der Waals surface area contributed by atoms with Crippen LogP contribution >= 0.6 is 11.6 Å². The molecular weight excluding hydrogens is 547 g/mol. The van der Waals surface area contributed by atoms with Crippen molar-refractivity contribution in [1.29, 1.82) is 0 Å². The van der Waals surface area contributed by atoms with Gasteiger partial charge < -0.3 is 24.5 Å². The highest BCUT2D eigenvalue weighted by molar-refractivity contribution is 7.92. The molecule has 0 radical (unpaired) electrons. The fraction of sp³-hybridized carbons (Fsp3) is 0.222. The van der Waals surface area contributed by atoms with Gasteiger partial charge in [-0.2, -0.15) is 0 Å². The van der Waals surface area contributed by atoms with E-state index in [1.54, 1.807) is 50.5 Å². The molecule has 2 N–H and O–H groups in total. The molecule has 9 nitrogen and oxygen atoms in total. The first-order valence-electron chi connectivity index (χ1n) is 11.9. The molecule has 1 aliphatic rings. The van der Waals surface area contributed by atoms with Gasteiger partial charge in [-0.05, 0) is 56.6 Å². The monoisotopic (exact) mass is 572 g/mol. The van der Waals surface area contributed by atoms with E-state index in [0.29, 0.717) is 50.8 Å². The van der Waals surface area contributed by atoms with Crippen molar-refractivity contribution >= 4 is 49.6 Å². The molecular formula is C27H26ClFN4O5S. The third-order valence-corrected chi connectivity index (χ3v) is 7.63. The van der Waals surface area contributed by atoms with Crippen LogP contribution in [0, 0.1) is 5.82 Å². The molecule has 2 heterocycles. The molecule has 3 aromatic carbocycles. The number of anilines is 1. The second-order valence-corrected chi connectivity index (χ2v) is 11.7. The maximum atomic E-state index is 15.4. The van der Waals surface area contributed by atoms with Crippen LogP contribution in [0.15, 0.2) is 59.6 Å². The third-order valence-electron chi connectivity index (χ3n) is 6.22. The molecule has 39 heavy (non-hydrogen) atoms. The predicted octanol–water partition coefficient (Wildman–Crippen LogP) is 4.89. The van der Waals surface area contributed by atoms with Crippen molar-refractivity contribution in [2.75, 3.05) is 44.5 Å². The number of aliphatic imine (C=N–C) groups is 1. The van der Waals surface area contributed by atoms with E-state index in [9.17, 15) is 13.5 Å². The molecule has 204 valence electrons.